The van der Waals surface area contributed by atoms with Crippen LogP contribution in [-0.2, 0) is 30.9 Å². The number of hydrogen-bond donors (Lipinski definition) is 4. The molecule has 0 spiro atoms. The van der Waals surface area contributed by atoms with Gasteiger partial charge in [0.15, 0.2) is 5.58 Å². The van der Waals surface area contributed by atoms with E-state index < -0.39 is 11.8 Å². The predicted octanol–water partition coefficient (Wildman–Crippen LogP) is 26.7. The van der Waals surface area contributed by atoms with Gasteiger partial charge >= 0.3 is 30.1 Å². The van der Waals surface area contributed by atoms with E-state index in [4.69, 9.17) is 32.4 Å². The lowest BCUT2D eigenvalue weighted by Crippen LogP contribution is -2.50. The van der Waals surface area contributed by atoms with E-state index in [0.717, 1.165) is 146 Å². The predicted molar refractivity (Wildman–Crippen MR) is 545 cm³/mol. The van der Waals surface area contributed by atoms with Crippen LogP contribution in [0.1, 0.15) is 202 Å². The van der Waals surface area contributed by atoms with E-state index in [0.29, 0.717) is 88.6 Å². The maximum atomic E-state index is 14.8. The van der Waals surface area contributed by atoms with Gasteiger partial charge in [0, 0.05) is 152 Å². The fourth-order valence-electron chi connectivity index (χ4n) is 18.6. The number of urea groups is 4. The number of aryl methyl sites for hydroxylation is 2. The van der Waals surface area contributed by atoms with Gasteiger partial charge in [-0.15, -0.1) is 0 Å². The van der Waals surface area contributed by atoms with Crippen molar-refractivity contribution in [2.75, 3.05) is 80.7 Å². The first-order chi connectivity index (χ1) is 63.8. The number of aromatic nitrogens is 1. The zero-order chi connectivity index (χ0) is 94.2. The number of hydrogen-bond acceptors (Lipinski definition) is 12. The van der Waals surface area contributed by atoms with Gasteiger partial charge in [0.25, 0.3) is 0 Å². The minimum atomic E-state index is -0.541. The van der Waals surface area contributed by atoms with Gasteiger partial charge in [-0.25, -0.2) is 33.3 Å². The summed E-state index contributed by atoms with van der Waals surface area (Å²) in [5.74, 6) is -0.806. The molecule has 25 heteroatoms. The van der Waals surface area contributed by atoms with Gasteiger partial charge in [0.2, 0.25) is 5.89 Å². The van der Waals surface area contributed by atoms with E-state index >= 15 is 0 Å². The first-order valence-electron chi connectivity index (χ1n) is 47.5. The second-order valence-electron chi connectivity index (χ2n) is 35.7. The molecule has 4 unspecified atom stereocenters. The van der Waals surface area contributed by atoms with Crippen molar-refractivity contribution in [1.82, 2.24) is 44.2 Å². The number of halogens is 5. The standard InChI is InChI=1S/C31H35FN4O2.C26H36BrN3O.C26H34ClN3O3.C24H31BrClN3O/c1-3-9-22(2)35-18-16-25(17-19-35)36(21-23-10-5-4-6-11-23)31(37)33-24-14-15-27(32)26(20-24)30-34-28-12-7-8-13-29(28)38-30;1-5-9-21(4)29-14-12-24(13-15-29)30(18-22-10-7-6-8-11-22)26(31)28-25-19(2)16-23(27)17-20(25)3;1-4-8-19(2)29-15-13-22(14-16-29)30(18-20-9-6-5-7-10-20)26(32)28-24-12-11-21(27)17-23(24)25(31)33-3;1-3-7-18(2)28-14-12-21(13-15-28)29(17-19-8-5-4-6-9-19)24(30)27-23-16-20(25)10-11-22(23)26/h4-8,10-15,20,22,25H,3,9,16-19,21H2,1-2H3,(H,33,37);6-8,10-11,16-17,21,24H,5,9,12-15,18H2,1-4H3,(H,28,31);5-7,9-12,17,19,22H,4,8,13-16,18H2,1-3H3,(H,28,32);4-6,8-11,16,18,21H,3,7,12-15,17H2,1-2H3,(H,27,30). The molecule has 0 aliphatic carbocycles. The highest BCUT2D eigenvalue weighted by Gasteiger charge is 2.36. The van der Waals surface area contributed by atoms with Gasteiger partial charge in [0.1, 0.15) is 11.3 Å². The quantitative estimate of drug-likeness (QED) is 0.0312. The number of likely N-dealkylation sites (tertiary alicyclic amines) is 4. The maximum Gasteiger partial charge on any atom is 0.340 e. The minimum absolute atomic E-state index is 0.00238. The Labute approximate surface area is 809 Å². The van der Waals surface area contributed by atoms with Gasteiger partial charge in [-0.05, 0) is 231 Å². The molecule has 4 saturated heterocycles. The molecule has 4 aliphatic heterocycles. The van der Waals surface area contributed by atoms with Crippen LogP contribution in [0.2, 0.25) is 10.0 Å². The van der Waals surface area contributed by atoms with E-state index in [1.807, 2.05) is 156 Å². The zero-order valence-electron chi connectivity index (χ0n) is 78.9. The molecule has 4 N–H and O–H groups in total. The summed E-state index contributed by atoms with van der Waals surface area (Å²) in [6.07, 6.45) is 17.3. The maximum absolute atomic E-state index is 14.8. The highest BCUT2D eigenvalue weighted by atomic mass is 79.9. The smallest absolute Gasteiger partial charge is 0.340 e. The van der Waals surface area contributed by atoms with Gasteiger partial charge in [-0.2, -0.15) is 0 Å². The minimum Gasteiger partial charge on any atom is -0.465 e. The number of carbonyl (C=O) groups is 5. The summed E-state index contributed by atoms with van der Waals surface area (Å²) in [5.41, 5.74) is 10.7. The van der Waals surface area contributed by atoms with Crippen molar-refractivity contribution in [3.05, 3.63) is 276 Å². The van der Waals surface area contributed by atoms with Crippen molar-refractivity contribution in [2.45, 2.75) is 246 Å². The highest BCUT2D eigenvalue weighted by molar-refractivity contribution is 9.10. The molecule has 9 aromatic carbocycles. The molecule has 0 saturated carbocycles. The summed E-state index contributed by atoms with van der Waals surface area (Å²) in [7, 11) is 1.31. The second kappa shape index (κ2) is 52.3. The molecule has 8 amide bonds. The van der Waals surface area contributed by atoms with Crippen LogP contribution in [0.4, 0.5) is 46.3 Å². The van der Waals surface area contributed by atoms with Crippen molar-refractivity contribution in [3.8, 4) is 11.5 Å². The average molecular weight is 1970 g/mol. The highest BCUT2D eigenvalue weighted by Crippen LogP contribution is 2.35. The lowest BCUT2D eigenvalue weighted by molar-refractivity contribution is 0.0601. The average Bonchev–Trinajstić information content (AvgIpc) is 1.19. The van der Waals surface area contributed by atoms with Gasteiger partial charge in [-0.3, -0.25) is 0 Å². The van der Waals surface area contributed by atoms with Crippen molar-refractivity contribution in [2.24, 2.45) is 0 Å². The van der Waals surface area contributed by atoms with Crippen LogP contribution in [-0.4, -0.2) is 182 Å². The third-order valence-electron chi connectivity index (χ3n) is 26.2. The third kappa shape index (κ3) is 30.2. The Morgan fingerprint density at radius 1 is 0.439 bits per heavy atom. The fourth-order valence-corrected chi connectivity index (χ4v) is 20.0. The molecule has 0 radical (unpaired) electrons. The van der Waals surface area contributed by atoms with Gasteiger partial charge < -0.3 is 69.6 Å². The first-order valence-corrected chi connectivity index (χ1v) is 49.8. The number of benzene rings is 9. The molecule has 132 heavy (non-hydrogen) atoms. The van der Waals surface area contributed by atoms with E-state index in [9.17, 15) is 28.4 Å². The SMILES string of the molecule is CCCC(C)N1CCC(N(Cc2ccccc2)C(=O)Nc2c(C)cc(Br)cc2C)CC1.CCCC(C)N1CCC(N(Cc2ccccc2)C(=O)Nc2cc(Br)ccc2Cl)CC1.CCCC(C)N1CCC(N(Cc2ccccc2)C(=O)Nc2ccc(Cl)cc2C(=O)OC)CC1.CCCC(C)N1CCC(N(Cc2ccccc2)C(=O)Nc2ccc(F)c(-c3nc4ccccc4o3)c2)CC1. The number of para-hydroxylation sites is 2. The van der Waals surface area contributed by atoms with Crippen LogP contribution in [0.3, 0.4) is 0 Å². The Morgan fingerprint density at radius 2 is 0.803 bits per heavy atom. The molecule has 0 bridgehead atoms. The first kappa shape index (κ1) is 103. The molecule has 4 aliphatic rings. The fraction of sp³-hybridized carbons (Fsp3) is 0.439. The summed E-state index contributed by atoms with van der Waals surface area (Å²) in [6, 6.07) is 69.3. The molecule has 706 valence electrons. The van der Waals surface area contributed by atoms with Crippen molar-refractivity contribution < 1.29 is 37.5 Å². The molecule has 20 nitrogen and oxygen atoms in total. The Hall–Kier alpha value is -9.69. The van der Waals surface area contributed by atoms with Crippen molar-refractivity contribution >= 4 is 119 Å². The van der Waals surface area contributed by atoms with E-state index in [2.05, 4.69) is 174 Å². The number of rotatable bonds is 30. The molecule has 10 aromatic rings. The largest absolute Gasteiger partial charge is 0.465 e. The van der Waals surface area contributed by atoms with Crippen LogP contribution < -0.4 is 21.3 Å². The number of oxazole rings is 1. The molecular weight excluding hydrogens is 1830 g/mol. The summed E-state index contributed by atoms with van der Waals surface area (Å²) >= 11 is 19.4. The molecule has 14 rings (SSSR count). The number of piperidine rings is 4. The van der Waals surface area contributed by atoms with Crippen LogP contribution >= 0.6 is 55.1 Å². The summed E-state index contributed by atoms with van der Waals surface area (Å²) < 4.78 is 27.4. The number of carbonyl (C=O) groups excluding carboxylic acids is 5. The summed E-state index contributed by atoms with van der Waals surface area (Å²) in [4.78, 5) is 88.7. The van der Waals surface area contributed by atoms with Crippen molar-refractivity contribution in [3.63, 3.8) is 0 Å². The number of methoxy groups -OCH3 is 1. The third-order valence-corrected chi connectivity index (χ3v) is 27.7. The topological polar surface area (TPSA) is 195 Å². The number of fused-ring (bicyclic) bond motifs is 1. The Kier molecular flexibility index (Phi) is 40.7. The zero-order valence-corrected chi connectivity index (χ0v) is 83.6. The molecule has 1 aromatic heterocycles. The van der Waals surface area contributed by atoms with E-state index in [1.165, 1.54) is 76.2 Å². The number of amides is 8. The monoisotopic (exact) mass is 1960 g/mol. The van der Waals surface area contributed by atoms with Gasteiger partial charge in [-0.1, -0.05) is 242 Å². The number of nitrogens with zero attached hydrogens (tertiary/aromatic N) is 9. The lowest BCUT2D eigenvalue weighted by Gasteiger charge is -2.41. The molecule has 4 fully saturated rings. The number of nitrogens with one attached hydrogen (secondary N) is 4. The van der Waals surface area contributed by atoms with Crippen LogP contribution in [0, 0.1) is 19.7 Å². The van der Waals surface area contributed by atoms with Crippen LogP contribution in [0.5, 0.6) is 0 Å². The Morgan fingerprint density at radius 3 is 1.18 bits per heavy atom. The summed E-state index contributed by atoms with van der Waals surface area (Å²) in [5, 5.41) is 13.2. The number of ether oxygens (including phenoxy) is 1. The lowest BCUT2D eigenvalue weighted by atomic mass is 10.00. The Balaban J connectivity index is 0.000000170. The second-order valence-corrected chi connectivity index (χ2v) is 38.4. The Bertz CT molecular complexity index is 5210. The number of esters is 1. The molecular formula is C107H136Br2Cl2FN13O7. The van der Waals surface area contributed by atoms with Gasteiger partial charge in [0.05, 0.1) is 34.6 Å². The molecule has 4 atom stereocenters. The number of anilines is 4. The molecule has 5 heterocycles. The van der Waals surface area contributed by atoms with E-state index in [-0.39, 0.29) is 65.3 Å². The van der Waals surface area contributed by atoms with E-state index in [1.54, 1.807) is 36.4 Å². The van der Waals surface area contributed by atoms with Crippen LogP contribution in [0.15, 0.2) is 226 Å². The van der Waals surface area contributed by atoms with Crippen molar-refractivity contribution in [1.29, 1.82) is 0 Å². The summed E-state index contributed by atoms with van der Waals surface area (Å²) in [6.45, 7) is 32.5. The normalized spacial score (nSPS) is 15.8. The van der Waals surface area contributed by atoms with Crippen LogP contribution in [0.25, 0.3) is 22.6 Å².